The number of aromatic nitrogens is 4. The van der Waals surface area contributed by atoms with Gasteiger partial charge in [-0.05, 0) is 24.3 Å². The lowest BCUT2D eigenvalue weighted by Crippen LogP contribution is -2.18. The van der Waals surface area contributed by atoms with Crippen LogP contribution in [0.4, 0.5) is 18.9 Å². The maximum Gasteiger partial charge on any atom is 0.418 e. The van der Waals surface area contributed by atoms with E-state index in [0.29, 0.717) is 11.4 Å². The van der Waals surface area contributed by atoms with Crippen LogP contribution in [0, 0.1) is 0 Å². The van der Waals surface area contributed by atoms with Crippen LogP contribution in [0.25, 0.3) is 16.7 Å². The predicted molar refractivity (Wildman–Crippen MR) is 117 cm³/mol. The molecule has 170 valence electrons. The minimum atomic E-state index is -4.61. The first-order valence-electron chi connectivity index (χ1n) is 9.48. The van der Waals surface area contributed by atoms with Crippen LogP contribution in [-0.4, -0.2) is 38.5 Å². The van der Waals surface area contributed by atoms with Gasteiger partial charge in [-0.3, -0.25) is 9.59 Å². The number of para-hydroxylation sites is 3. The second-order valence-corrected chi connectivity index (χ2v) is 7.68. The summed E-state index contributed by atoms with van der Waals surface area (Å²) in [4.78, 5) is 31.7. The lowest BCUT2D eigenvalue weighted by molar-refractivity contribution is -0.137. The Morgan fingerprint density at radius 1 is 1.18 bits per heavy atom. The molecule has 0 spiro atoms. The number of anilines is 1. The number of ether oxygens (including phenoxy) is 1. The number of hydrogen-bond acceptors (Lipinski definition) is 6. The molecule has 0 radical (unpaired) electrons. The fourth-order valence-corrected chi connectivity index (χ4v) is 3.76. The largest absolute Gasteiger partial charge is 0.494 e. The molecule has 0 aliphatic heterocycles. The Hall–Kier alpha value is -3.80. The second-order valence-electron chi connectivity index (χ2n) is 6.72. The van der Waals surface area contributed by atoms with Gasteiger partial charge in [0, 0.05) is 0 Å². The highest BCUT2D eigenvalue weighted by molar-refractivity contribution is 7.99. The third-order valence-electron chi connectivity index (χ3n) is 4.58. The van der Waals surface area contributed by atoms with Gasteiger partial charge in [0.15, 0.2) is 10.8 Å². The van der Waals surface area contributed by atoms with Crippen molar-refractivity contribution >= 4 is 34.4 Å². The molecule has 4 aromatic rings. The van der Waals surface area contributed by atoms with Crippen LogP contribution in [0.1, 0.15) is 5.56 Å². The van der Waals surface area contributed by atoms with Crippen molar-refractivity contribution in [2.75, 3.05) is 18.2 Å². The number of carbonyl (C=O) groups excluding carboxylic acids is 1. The number of H-pyrrole nitrogens is 1. The van der Waals surface area contributed by atoms with Gasteiger partial charge < -0.3 is 15.0 Å². The minimum absolute atomic E-state index is 0.114. The lowest BCUT2D eigenvalue weighted by Gasteiger charge is -2.13. The molecule has 2 N–H and O–H groups in total. The average Bonchev–Trinajstić information content (AvgIpc) is 3.21. The number of aromatic amines is 1. The van der Waals surface area contributed by atoms with E-state index in [-0.39, 0.29) is 27.6 Å². The summed E-state index contributed by atoms with van der Waals surface area (Å²) in [6, 6.07) is 11.7. The van der Waals surface area contributed by atoms with E-state index in [0.717, 1.165) is 17.8 Å². The van der Waals surface area contributed by atoms with Gasteiger partial charge in [-0.1, -0.05) is 36.0 Å². The molecule has 0 saturated carbocycles. The lowest BCUT2D eigenvalue weighted by atomic mass is 10.1. The van der Waals surface area contributed by atoms with E-state index < -0.39 is 23.2 Å². The van der Waals surface area contributed by atoms with Crippen molar-refractivity contribution in [3.8, 4) is 11.4 Å². The van der Waals surface area contributed by atoms with Crippen LogP contribution in [0.15, 0.2) is 64.7 Å². The van der Waals surface area contributed by atoms with Gasteiger partial charge in [-0.2, -0.15) is 18.3 Å². The summed E-state index contributed by atoms with van der Waals surface area (Å²) >= 11 is 0.875. The number of halogens is 3. The molecule has 2 aromatic heterocycles. The third-order valence-corrected chi connectivity index (χ3v) is 5.45. The summed E-state index contributed by atoms with van der Waals surface area (Å²) in [5, 5.41) is 6.82. The summed E-state index contributed by atoms with van der Waals surface area (Å²) < 4.78 is 46.1. The molecule has 2 aromatic carbocycles. The molecule has 0 atom stereocenters. The highest BCUT2D eigenvalue weighted by atomic mass is 32.2. The Bertz CT molecular complexity index is 1380. The molecule has 0 unspecified atom stereocenters. The number of fused-ring (bicyclic) bond motifs is 1. The maximum atomic E-state index is 13.1. The van der Waals surface area contributed by atoms with E-state index in [1.54, 1.807) is 24.3 Å². The van der Waals surface area contributed by atoms with E-state index >= 15 is 0 Å². The Labute approximate surface area is 188 Å². The first kappa shape index (κ1) is 22.4. The van der Waals surface area contributed by atoms with Gasteiger partial charge in [-0.15, -0.1) is 0 Å². The van der Waals surface area contributed by atoms with Gasteiger partial charge in [0.25, 0.3) is 5.56 Å². The predicted octanol–water partition coefficient (Wildman–Crippen LogP) is 3.87. The molecule has 2 heterocycles. The van der Waals surface area contributed by atoms with Crippen molar-refractivity contribution < 1.29 is 22.7 Å². The number of carbonyl (C=O) groups is 1. The van der Waals surface area contributed by atoms with E-state index in [2.05, 4.69) is 20.4 Å². The number of rotatable bonds is 6. The average molecular weight is 475 g/mol. The van der Waals surface area contributed by atoms with Crippen LogP contribution in [0.5, 0.6) is 5.75 Å². The number of methoxy groups -OCH3 is 1. The van der Waals surface area contributed by atoms with Gasteiger partial charge in [0.1, 0.15) is 16.8 Å². The summed E-state index contributed by atoms with van der Waals surface area (Å²) in [5.74, 6) is -0.442. The molecule has 8 nitrogen and oxygen atoms in total. The zero-order valence-electron chi connectivity index (χ0n) is 17.0. The van der Waals surface area contributed by atoms with Crippen LogP contribution in [-0.2, 0) is 11.0 Å². The number of nitrogens with zero attached hydrogens (tertiary/aromatic N) is 3. The highest BCUT2D eigenvalue weighted by Crippen LogP contribution is 2.34. The minimum Gasteiger partial charge on any atom is -0.494 e. The molecule has 0 fully saturated rings. The van der Waals surface area contributed by atoms with Crippen molar-refractivity contribution in [2.24, 2.45) is 0 Å². The monoisotopic (exact) mass is 475 g/mol. The molecule has 0 aliphatic rings. The zero-order chi connectivity index (χ0) is 23.6. The van der Waals surface area contributed by atoms with Gasteiger partial charge >= 0.3 is 6.18 Å². The van der Waals surface area contributed by atoms with Gasteiger partial charge in [0.2, 0.25) is 5.91 Å². The Kier molecular flexibility index (Phi) is 6.09. The van der Waals surface area contributed by atoms with Crippen LogP contribution in [0.3, 0.4) is 0 Å². The van der Waals surface area contributed by atoms with Crippen molar-refractivity contribution in [3.05, 3.63) is 70.6 Å². The van der Waals surface area contributed by atoms with Crippen molar-refractivity contribution in [1.29, 1.82) is 0 Å². The van der Waals surface area contributed by atoms with Crippen LogP contribution in [0.2, 0.25) is 0 Å². The molecular weight excluding hydrogens is 459 g/mol. The summed E-state index contributed by atoms with van der Waals surface area (Å²) in [6.07, 6.45) is -3.24. The maximum absolute atomic E-state index is 13.1. The molecule has 33 heavy (non-hydrogen) atoms. The number of amides is 1. The summed E-state index contributed by atoms with van der Waals surface area (Å²) in [7, 11) is 1.50. The molecule has 4 rings (SSSR count). The number of hydrogen-bond donors (Lipinski definition) is 2. The molecule has 12 heteroatoms. The Morgan fingerprint density at radius 3 is 2.67 bits per heavy atom. The van der Waals surface area contributed by atoms with E-state index in [4.69, 9.17) is 4.74 Å². The molecular formula is C21H16F3N5O3S. The van der Waals surface area contributed by atoms with Gasteiger partial charge in [0.05, 0.1) is 30.3 Å². The highest BCUT2D eigenvalue weighted by Gasteiger charge is 2.33. The zero-order valence-corrected chi connectivity index (χ0v) is 17.8. The van der Waals surface area contributed by atoms with Crippen LogP contribution < -0.4 is 15.6 Å². The van der Waals surface area contributed by atoms with E-state index in [9.17, 15) is 22.8 Å². The topological polar surface area (TPSA) is 102 Å². The standard InChI is InChI=1S/C21H16F3N5O3S/c1-32-16-9-5-4-8-15(16)29-18-12(10-25-29)19(31)28-20(27-18)33-11-17(30)26-14-7-3-2-6-13(14)21(22,23)24/h2-10H,11H2,1H3,(H,26,30)(H,27,28,31). The van der Waals surface area contributed by atoms with Gasteiger partial charge in [-0.25, -0.2) is 9.67 Å². The molecule has 0 saturated heterocycles. The fourth-order valence-electron chi connectivity index (χ4n) is 3.11. The second kappa shape index (κ2) is 8.98. The quantitative estimate of drug-likeness (QED) is 0.324. The molecule has 0 aliphatic carbocycles. The fraction of sp³-hybridized carbons (Fsp3) is 0.143. The van der Waals surface area contributed by atoms with E-state index in [1.807, 2.05) is 0 Å². The first-order valence-corrected chi connectivity index (χ1v) is 10.5. The number of benzene rings is 2. The van der Waals surface area contributed by atoms with Crippen LogP contribution >= 0.6 is 11.8 Å². The number of alkyl halides is 3. The number of thioether (sulfide) groups is 1. The SMILES string of the molecule is COc1ccccc1-n1ncc2c(=O)[nH]c(SCC(=O)Nc3ccccc3C(F)(F)F)nc21. The first-order chi connectivity index (χ1) is 15.8. The number of nitrogens with one attached hydrogen (secondary N) is 2. The van der Waals surface area contributed by atoms with Crippen molar-refractivity contribution in [3.63, 3.8) is 0 Å². The van der Waals surface area contributed by atoms with E-state index in [1.165, 1.54) is 36.2 Å². The molecule has 1 amide bonds. The Balaban J connectivity index is 1.57. The summed E-state index contributed by atoms with van der Waals surface area (Å²) in [5.41, 5.74) is -0.954. The summed E-state index contributed by atoms with van der Waals surface area (Å²) in [6.45, 7) is 0. The smallest absolute Gasteiger partial charge is 0.418 e. The Morgan fingerprint density at radius 2 is 1.91 bits per heavy atom. The third kappa shape index (κ3) is 4.70. The van der Waals surface area contributed by atoms with Crippen molar-refractivity contribution in [1.82, 2.24) is 19.7 Å². The molecule has 0 bridgehead atoms. The normalized spacial score (nSPS) is 11.5. The van der Waals surface area contributed by atoms with Crippen molar-refractivity contribution in [2.45, 2.75) is 11.3 Å².